The Labute approximate surface area is 139 Å². The van der Waals surface area contributed by atoms with Crippen molar-refractivity contribution in [3.63, 3.8) is 0 Å². The Kier molecular flexibility index (Phi) is 5.18. The third-order valence-corrected chi connectivity index (χ3v) is 3.92. The lowest BCUT2D eigenvalue weighted by Gasteiger charge is -2.18. The average Bonchev–Trinajstić information content (AvgIpc) is 2.40. The fraction of sp³-hybridized carbons (Fsp3) is 0.143. The Bertz CT molecular complexity index is 649. The van der Waals surface area contributed by atoms with Crippen molar-refractivity contribution in [2.45, 2.75) is 6.54 Å². The minimum atomic E-state index is -0.163. The smallest absolute Gasteiger partial charge is 0.257 e. The lowest BCUT2D eigenvalue weighted by molar-refractivity contribution is 0.0785. The number of aromatic nitrogens is 1. The molecule has 3 nitrogen and oxygen atoms in total. The van der Waals surface area contributed by atoms with Gasteiger partial charge >= 0.3 is 0 Å². The van der Waals surface area contributed by atoms with E-state index < -0.39 is 0 Å². The van der Waals surface area contributed by atoms with Crippen LogP contribution < -0.4 is 0 Å². The largest absolute Gasteiger partial charge is 0.337 e. The van der Waals surface area contributed by atoms with E-state index in [1.807, 2.05) is 24.3 Å². The Morgan fingerprint density at radius 2 is 2.05 bits per heavy atom. The van der Waals surface area contributed by atoms with Crippen LogP contribution in [0.25, 0.3) is 0 Å². The van der Waals surface area contributed by atoms with Crippen molar-refractivity contribution in [2.24, 2.45) is 0 Å². The van der Waals surface area contributed by atoms with Gasteiger partial charge in [-0.2, -0.15) is 0 Å². The van der Waals surface area contributed by atoms with E-state index in [1.54, 1.807) is 24.2 Å². The zero-order valence-corrected chi connectivity index (χ0v) is 14.5. The predicted octanol–water partition coefficient (Wildman–Crippen LogP) is 4.53. The second-order valence-corrected chi connectivity index (χ2v) is 6.47. The lowest BCUT2D eigenvalue weighted by atomic mass is 10.2. The fourth-order valence-corrected chi connectivity index (χ4v) is 2.72. The van der Waals surface area contributed by atoms with E-state index in [1.165, 1.54) is 0 Å². The normalized spacial score (nSPS) is 10.4. The minimum absolute atomic E-state index is 0.163. The van der Waals surface area contributed by atoms with Gasteiger partial charge in [-0.05, 0) is 39.7 Å². The number of carbonyl (C=O) groups excluding carboxylic acids is 1. The molecule has 0 saturated heterocycles. The molecule has 0 radical (unpaired) electrons. The summed E-state index contributed by atoms with van der Waals surface area (Å²) in [7, 11) is 1.74. The molecule has 1 aromatic carbocycles. The number of carbonyl (C=O) groups is 1. The number of pyridine rings is 1. The molecule has 0 aliphatic carbocycles. The molecule has 2 aromatic rings. The van der Waals surface area contributed by atoms with Crippen LogP contribution in [0.15, 0.2) is 45.5 Å². The van der Waals surface area contributed by atoms with E-state index in [0.717, 1.165) is 14.5 Å². The summed E-state index contributed by atoms with van der Waals surface area (Å²) in [5.41, 5.74) is 1.42. The SMILES string of the molecule is CN(Cc1cccc(Br)c1)C(=O)c1cc(Br)cnc1Cl. The molecule has 0 unspecified atom stereocenters. The Morgan fingerprint density at radius 3 is 2.75 bits per heavy atom. The summed E-state index contributed by atoms with van der Waals surface area (Å²) in [5.74, 6) is -0.163. The number of amides is 1. The second kappa shape index (κ2) is 6.70. The van der Waals surface area contributed by atoms with Crippen molar-refractivity contribution in [1.82, 2.24) is 9.88 Å². The Balaban J connectivity index is 2.18. The molecule has 0 saturated carbocycles. The predicted molar refractivity (Wildman–Crippen MR) is 86.9 cm³/mol. The van der Waals surface area contributed by atoms with Gasteiger partial charge in [-0.25, -0.2) is 4.98 Å². The van der Waals surface area contributed by atoms with Gasteiger partial charge in [0.2, 0.25) is 0 Å². The van der Waals surface area contributed by atoms with Crippen LogP contribution in [0.3, 0.4) is 0 Å². The number of benzene rings is 1. The van der Waals surface area contributed by atoms with E-state index in [0.29, 0.717) is 12.1 Å². The molecule has 0 fully saturated rings. The van der Waals surface area contributed by atoms with Crippen molar-refractivity contribution in [3.8, 4) is 0 Å². The standard InChI is InChI=1S/C14H11Br2ClN2O/c1-19(8-9-3-2-4-10(15)5-9)14(20)12-6-11(16)7-18-13(12)17/h2-7H,8H2,1H3. The maximum Gasteiger partial charge on any atom is 0.257 e. The van der Waals surface area contributed by atoms with E-state index in [9.17, 15) is 4.79 Å². The van der Waals surface area contributed by atoms with Gasteiger partial charge in [0.15, 0.2) is 0 Å². The summed E-state index contributed by atoms with van der Waals surface area (Å²) >= 11 is 12.7. The Morgan fingerprint density at radius 1 is 1.30 bits per heavy atom. The first-order chi connectivity index (χ1) is 9.47. The summed E-state index contributed by atoms with van der Waals surface area (Å²) in [6.07, 6.45) is 1.56. The van der Waals surface area contributed by atoms with Gasteiger partial charge in [0.05, 0.1) is 5.56 Å². The van der Waals surface area contributed by atoms with Crippen molar-refractivity contribution in [3.05, 3.63) is 61.8 Å². The molecule has 1 heterocycles. The van der Waals surface area contributed by atoms with Crippen molar-refractivity contribution >= 4 is 49.4 Å². The highest BCUT2D eigenvalue weighted by Crippen LogP contribution is 2.20. The van der Waals surface area contributed by atoms with Crippen LogP contribution in [0.5, 0.6) is 0 Å². The molecular formula is C14H11Br2ClN2O. The van der Waals surface area contributed by atoms with Gasteiger partial charge in [0.1, 0.15) is 5.15 Å². The molecule has 6 heteroatoms. The topological polar surface area (TPSA) is 33.2 Å². The molecule has 104 valence electrons. The fourth-order valence-electron chi connectivity index (χ4n) is 1.76. The number of nitrogens with zero attached hydrogens (tertiary/aromatic N) is 2. The first-order valence-corrected chi connectivity index (χ1v) is 7.74. The quantitative estimate of drug-likeness (QED) is 0.686. The second-order valence-electron chi connectivity index (χ2n) is 4.28. The van der Waals surface area contributed by atoms with Gasteiger partial charge in [0.25, 0.3) is 5.91 Å². The van der Waals surface area contributed by atoms with Crippen LogP contribution in [0.1, 0.15) is 15.9 Å². The highest BCUT2D eigenvalue weighted by atomic mass is 79.9. The average molecular weight is 419 g/mol. The first kappa shape index (κ1) is 15.5. The summed E-state index contributed by atoms with van der Waals surface area (Å²) in [6.45, 7) is 0.501. The zero-order chi connectivity index (χ0) is 14.7. The van der Waals surface area contributed by atoms with Crippen LogP contribution in [0, 0.1) is 0 Å². The molecule has 0 bridgehead atoms. The highest BCUT2D eigenvalue weighted by molar-refractivity contribution is 9.10. The highest BCUT2D eigenvalue weighted by Gasteiger charge is 2.16. The zero-order valence-electron chi connectivity index (χ0n) is 10.6. The molecule has 0 aliphatic heterocycles. The van der Waals surface area contributed by atoms with E-state index in [-0.39, 0.29) is 11.1 Å². The number of rotatable bonds is 3. The van der Waals surface area contributed by atoms with Crippen molar-refractivity contribution < 1.29 is 4.79 Å². The van der Waals surface area contributed by atoms with Gasteiger partial charge in [-0.3, -0.25) is 4.79 Å². The Hall–Kier alpha value is -0.910. The van der Waals surface area contributed by atoms with Crippen LogP contribution in [0.4, 0.5) is 0 Å². The monoisotopic (exact) mass is 416 g/mol. The van der Waals surface area contributed by atoms with Gasteiger partial charge in [-0.1, -0.05) is 39.7 Å². The summed E-state index contributed by atoms with van der Waals surface area (Å²) in [4.78, 5) is 18.0. The lowest BCUT2D eigenvalue weighted by Crippen LogP contribution is -2.26. The van der Waals surface area contributed by atoms with Crippen molar-refractivity contribution in [1.29, 1.82) is 0 Å². The third kappa shape index (κ3) is 3.81. The molecule has 1 aromatic heterocycles. The van der Waals surface area contributed by atoms with Crippen LogP contribution in [-0.2, 0) is 6.54 Å². The minimum Gasteiger partial charge on any atom is -0.337 e. The third-order valence-electron chi connectivity index (χ3n) is 2.69. The van der Waals surface area contributed by atoms with Crippen LogP contribution in [0.2, 0.25) is 5.15 Å². The van der Waals surface area contributed by atoms with E-state index >= 15 is 0 Å². The van der Waals surface area contributed by atoms with Crippen LogP contribution in [-0.4, -0.2) is 22.8 Å². The van der Waals surface area contributed by atoms with E-state index in [4.69, 9.17) is 11.6 Å². The van der Waals surface area contributed by atoms with Gasteiger partial charge in [0, 0.05) is 28.7 Å². The van der Waals surface area contributed by atoms with Crippen LogP contribution >= 0.6 is 43.5 Å². The molecule has 0 atom stereocenters. The molecule has 2 rings (SSSR count). The maximum absolute atomic E-state index is 12.4. The number of hydrogen-bond acceptors (Lipinski definition) is 2. The first-order valence-electron chi connectivity index (χ1n) is 5.78. The molecule has 20 heavy (non-hydrogen) atoms. The van der Waals surface area contributed by atoms with E-state index in [2.05, 4.69) is 36.8 Å². The molecular weight excluding hydrogens is 407 g/mol. The maximum atomic E-state index is 12.4. The molecule has 0 aliphatic rings. The molecule has 0 N–H and O–H groups in total. The number of halogens is 3. The van der Waals surface area contributed by atoms with Gasteiger partial charge < -0.3 is 4.90 Å². The van der Waals surface area contributed by atoms with Gasteiger partial charge in [-0.15, -0.1) is 0 Å². The van der Waals surface area contributed by atoms with Crippen molar-refractivity contribution in [2.75, 3.05) is 7.05 Å². The summed E-state index contributed by atoms with van der Waals surface area (Å²) in [6, 6.07) is 9.50. The summed E-state index contributed by atoms with van der Waals surface area (Å²) < 4.78 is 1.71. The summed E-state index contributed by atoms with van der Waals surface area (Å²) in [5, 5.41) is 0.208. The molecule has 1 amide bonds. The molecule has 0 spiro atoms. The number of hydrogen-bond donors (Lipinski definition) is 0.